The Kier molecular flexibility index (Phi) is 2.91. The van der Waals surface area contributed by atoms with Crippen LogP contribution < -0.4 is 9.50 Å². The predicted molar refractivity (Wildman–Crippen MR) is 72.9 cm³/mol. The zero-order valence-corrected chi connectivity index (χ0v) is 11.0. The first-order chi connectivity index (χ1) is 9.15. The molecule has 0 saturated carbocycles. The van der Waals surface area contributed by atoms with Crippen molar-refractivity contribution in [1.29, 1.82) is 0 Å². The van der Waals surface area contributed by atoms with E-state index in [0.29, 0.717) is 5.75 Å². The fourth-order valence-corrected chi connectivity index (χ4v) is 3.03. The highest BCUT2D eigenvalue weighted by Gasteiger charge is 2.17. The van der Waals surface area contributed by atoms with Crippen LogP contribution in [0, 0.1) is 0 Å². The normalized spacial score (nSPS) is 13.7. The van der Waals surface area contributed by atoms with Gasteiger partial charge < -0.3 is 9.50 Å². The minimum absolute atomic E-state index is 0.156. The molecule has 98 valence electrons. The average Bonchev–Trinajstić information content (AvgIpc) is 2.87. The van der Waals surface area contributed by atoms with Crippen LogP contribution in [0.3, 0.4) is 0 Å². The molecule has 0 unspecified atom stereocenters. The number of hydrogen-bond donors (Lipinski definition) is 1. The molecule has 0 amide bonds. The van der Waals surface area contributed by atoms with Gasteiger partial charge in [0.15, 0.2) is 0 Å². The molecular formula is C14H13NO3S. The van der Waals surface area contributed by atoms with E-state index in [2.05, 4.69) is 5.32 Å². The summed E-state index contributed by atoms with van der Waals surface area (Å²) in [6.45, 7) is 0.879. The summed E-state index contributed by atoms with van der Waals surface area (Å²) < 4.78 is 29.3. The minimum atomic E-state index is -3.76. The van der Waals surface area contributed by atoms with Crippen LogP contribution in [0.15, 0.2) is 53.4 Å². The van der Waals surface area contributed by atoms with Crippen molar-refractivity contribution in [3.05, 3.63) is 54.1 Å². The molecule has 3 rings (SSSR count). The van der Waals surface area contributed by atoms with E-state index in [9.17, 15) is 8.42 Å². The molecule has 0 spiro atoms. The van der Waals surface area contributed by atoms with E-state index in [1.54, 1.807) is 30.3 Å². The van der Waals surface area contributed by atoms with Gasteiger partial charge in [0.1, 0.15) is 10.6 Å². The third kappa shape index (κ3) is 2.42. The van der Waals surface area contributed by atoms with Crippen molar-refractivity contribution in [2.45, 2.75) is 11.3 Å². The Morgan fingerprint density at radius 3 is 2.63 bits per heavy atom. The third-order valence-electron chi connectivity index (χ3n) is 3.03. The molecule has 0 aromatic heterocycles. The average molecular weight is 275 g/mol. The van der Waals surface area contributed by atoms with Crippen LogP contribution in [-0.2, 0) is 16.5 Å². The van der Waals surface area contributed by atoms with Gasteiger partial charge in [-0.1, -0.05) is 24.3 Å². The number of hydrogen-bond acceptors (Lipinski definition) is 4. The Hall–Kier alpha value is -2.01. The molecule has 5 heteroatoms. The molecule has 1 aliphatic rings. The molecule has 1 aliphatic heterocycles. The molecule has 0 fully saturated rings. The second-order valence-electron chi connectivity index (χ2n) is 4.35. The second kappa shape index (κ2) is 4.59. The standard InChI is InChI=1S/C14H13NO3S/c16-19(17,13-4-2-1-3-5-13)18-12-7-6-11-8-9-15-14(11)10-12/h1-7,10,15H,8-9H2. The number of nitrogens with one attached hydrogen (secondary N) is 1. The van der Waals surface area contributed by atoms with E-state index >= 15 is 0 Å². The lowest BCUT2D eigenvalue weighted by Gasteiger charge is -2.08. The van der Waals surface area contributed by atoms with E-state index in [-0.39, 0.29) is 4.90 Å². The molecule has 1 N–H and O–H groups in total. The van der Waals surface area contributed by atoms with Gasteiger partial charge in [-0.05, 0) is 30.2 Å². The van der Waals surface area contributed by atoms with Crippen LogP contribution in [0.5, 0.6) is 5.75 Å². The summed E-state index contributed by atoms with van der Waals surface area (Å²) in [4.78, 5) is 0.156. The van der Waals surface area contributed by atoms with E-state index in [0.717, 1.165) is 18.7 Å². The molecule has 2 aromatic carbocycles. The molecule has 1 heterocycles. The summed E-state index contributed by atoms with van der Waals surface area (Å²) in [6, 6.07) is 13.4. The Labute approximate surface area is 112 Å². The zero-order valence-electron chi connectivity index (χ0n) is 10.2. The maximum absolute atomic E-state index is 12.1. The summed E-state index contributed by atoms with van der Waals surface area (Å²) in [5.41, 5.74) is 2.13. The van der Waals surface area contributed by atoms with Crippen molar-refractivity contribution in [3.63, 3.8) is 0 Å². The van der Waals surface area contributed by atoms with Gasteiger partial charge in [-0.2, -0.15) is 8.42 Å². The number of fused-ring (bicyclic) bond motifs is 1. The van der Waals surface area contributed by atoms with E-state index in [4.69, 9.17) is 4.18 Å². The van der Waals surface area contributed by atoms with E-state index in [1.807, 2.05) is 6.07 Å². The van der Waals surface area contributed by atoms with Crippen molar-refractivity contribution < 1.29 is 12.6 Å². The fraction of sp³-hybridized carbons (Fsp3) is 0.143. The zero-order chi connectivity index (χ0) is 13.3. The van der Waals surface area contributed by atoms with Crippen LogP contribution in [-0.4, -0.2) is 15.0 Å². The first-order valence-corrected chi connectivity index (χ1v) is 7.42. The van der Waals surface area contributed by atoms with Gasteiger partial charge in [0.05, 0.1) is 0 Å². The summed E-state index contributed by atoms with van der Waals surface area (Å²) in [6.07, 6.45) is 0.959. The van der Waals surface area contributed by atoms with Crippen LogP contribution >= 0.6 is 0 Å². The van der Waals surface area contributed by atoms with Crippen molar-refractivity contribution >= 4 is 15.8 Å². The molecule has 0 atom stereocenters. The highest BCUT2D eigenvalue weighted by atomic mass is 32.2. The summed E-state index contributed by atoms with van der Waals surface area (Å²) in [5, 5.41) is 3.19. The molecule has 2 aromatic rings. The third-order valence-corrected chi connectivity index (χ3v) is 4.29. The smallest absolute Gasteiger partial charge is 0.339 e. The van der Waals surface area contributed by atoms with E-state index < -0.39 is 10.1 Å². The van der Waals surface area contributed by atoms with Crippen molar-refractivity contribution in [3.8, 4) is 5.75 Å². The molecule has 19 heavy (non-hydrogen) atoms. The largest absolute Gasteiger partial charge is 0.384 e. The van der Waals surface area contributed by atoms with Crippen LogP contribution in [0.4, 0.5) is 5.69 Å². The number of rotatable bonds is 3. The number of benzene rings is 2. The summed E-state index contributed by atoms with van der Waals surface area (Å²) in [7, 11) is -3.76. The first kappa shape index (κ1) is 12.0. The molecule has 0 bridgehead atoms. The predicted octanol–water partition coefficient (Wildman–Crippen LogP) is 2.42. The van der Waals surface area contributed by atoms with E-state index in [1.165, 1.54) is 17.7 Å². The Morgan fingerprint density at radius 2 is 1.84 bits per heavy atom. The Bertz CT molecular complexity index is 696. The fourth-order valence-electron chi connectivity index (χ4n) is 2.08. The number of anilines is 1. The lowest BCUT2D eigenvalue weighted by molar-refractivity contribution is 0.486. The summed E-state index contributed by atoms with van der Waals surface area (Å²) >= 11 is 0. The summed E-state index contributed by atoms with van der Waals surface area (Å²) in [5.74, 6) is 0.331. The maximum Gasteiger partial charge on any atom is 0.339 e. The maximum atomic E-state index is 12.1. The second-order valence-corrected chi connectivity index (χ2v) is 5.89. The molecule has 0 saturated heterocycles. The Morgan fingerprint density at radius 1 is 1.05 bits per heavy atom. The van der Waals surface area contributed by atoms with Gasteiger partial charge in [-0.3, -0.25) is 0 Å². The SMILES string of the molecule is O=S(=O)(Oc1ccc2c(c1)NCC2)c1ccccc1. The van der Waals surface area contributed by atoms with Crippen LogP contribution in [0.1, 0.15) is 5.56 Å². The van der Waals surface area contributed by atoms with Crippen LogP contribution in [0.25, 0.3) is 0 Å². The highest BCUT2D eigenvalue weighted by molar-refractivity contribution is 7.87. The monoisotopic (exact) mass is 275 g/mol. The van der Waals surface area contributed by atoms with Gasteiger partial charge in [0.2, 0.25) is 0 Å². The van der Waals surface area contributed by atoms with Gasteiger partial charge in [-0.15, -0.1) is 0 Å². The van der Waals surface area contributed by atoms with Gasteiger partial charge >= 0.3 is 10.1 Å². The molecular weight excluding hydrogens is 262 g/mol. The quantitative estimate of drug-likeness (QED) is 0.874. The lowest BCUT2D eigenvalue weighted by Crippen LogP contribution is -2.09. The topological polar surface area (TPSA) is 55.4 Å². The van der Waals surface area contributed by atoms with Crippen LogP contribution in [0.2, 0.25) is 0 Å². The highest BCUT2D eigenvalue weighted by Crippen LogP contribution is 2.28. The molecule has 0 aliphatic carbocycles. The first-order valence-electron chi connectivity index (χ1n) is 6.01. The van der Waals surface area contributed by atoms with Crippen molar-refractivity contribution in [2.75, 3.05) is 11.9 Å². The van der Waals surface area contributed by atoms with Gasteiger partial charge in [0, 0.05) is 18.3 Å². The molecule has 0 radical (unpaired) electrons. The van der Waals surface area contributed by atoms with Crippen molar-refractivity contribution in [1.82, 2.24) is 0 Å². The van der Waals surface area contributed by atoms with Gasteiger partial charge in [-0.25, -0.2) is 0 Å². The minimum Gasteiger partial charge on any atom is -0.384 e. The molecule has 4 nitrogen and oxygen atoms in total. The van der Waals surface area contributed by atoms with Crippen molar-refractivity contribution in [2.24, 2.45) is 0 Å². The van der Waals surface area contributed by atoms with Gasteiger partial charge in [0.25, 0.3) is 0 Å². The Balaban J connectivity index is 1.89. The lowest BCUT2D eigenvalue weighted by atomic mass is 10.2.